The molecule has 2 heterocycles. The van der Waals surface area contributed by atoms with Gasteiger partial charge in [0.25, 0.3) is 12.4 Å². The average molecular weight is 623 g/mol. The van der Waals surface area contributed by atoms with E-state index in [1.165, 1.54) is 11.4 Å². The maximum atomic E-state index is 13.8. The number of carboxylic acid groups (broad SMARTS) is 1. The van der Waals surface area contributed by atoms with E-state index in [2.05, 4.69) is 10.6 Å². The zero-order chi connectivity index (χ0) is 31.9. The smallest absolute Gasteiger partial charge is 0.290 e. The van der Waals surface area contributed by atoms with Crippen molar-refractivity contribution in [1.82, 2.24) is 9.88 Å². The third-order valence-electron chi connectivity index (χ3n) is 7.69. The van der Waals surface area contributed by atoms with Gasteiger partial charge in [-0.05, 0) is 55.2 Å². The van der Waals surface area contributed by atoms with Gasteiger partial charge in [0, 0.05) is 49.0 Å². The second-order valence-corrected chi connectivity index (χ2v) is 12.5. The van der Waals surface area contributed by atoms with Crippen LogP contribution in [0.15, 0.2) is 72.9 Å². The van der Waals surface area contributed by atoms with E-state index >= 15 is 0 Å². The molecule has 0 saturated carbocycles. The Morgan fingerprint density at radius 1 is 1.11 bits per heavy atom. The molecule has 1 aliphatic rings. The zero-order valence-corrected chi connectivity index (χ0v) is 25.8. The highest BCUT2D eigenvalue weighted by molar-refractivity contribution is 7.92. The molecule has 2 atom stereocenters. The molecule has 4 N–H and O–H groups in total. The number of carbonyl (C=O) groups is 2. The van der Waals surface area contributed by atoms with Crippen molar-refractivity contribution < 1.29 is 33.0 Å². The molecule has 3 aromatic carbocycles. The number of amides is 1. The summed E-state index contributed by atoms with van der Waals surface area (Å²) in [7, 11) is -0.391. The third kappa shape index (κ3) is 7.32. The highest BCUT2D eigenvalue weighted by atomic mass is 32.2. The van der Waals surface area contributed by atoms with Gasteiger partial charge in [-0.2, -0.15) is 0 Å². The van der Waals surface area contributed by atoms with Crippen LogP contribution in [0.2, 0.25) is 0 Å². The number of methoxy groups -OCH3 is 1. The lowest BCUT2D eigenvalue weighted by Crippen LogP contribution is -2.47. The van der Waals surface area contributed by atoms with E-state index in [1.807, 2.05) is 78.4 Å². The van der Waals surface area contributed by atoms with Crippen molar-refractivity contribution in [2.75, 3.05) is 36.1 Å². The monoisotopic (exact) mass is 622 g/mol. The molecular weight excluding hydrogens is 584 g/mol. The van der Waals surface area contributed by atoms with Crippen molar-refractivity contribution in [3.63, 3.8) is 0 Å². The second kappa shape index (κ2) is 14.3. The van der Waals surface area contributed by atoms with Gasteiger partial charge in [0.05, 0.1) is 36.2 Å². The molecule has 0 spiro atoms. The molecule has 5 rings (SSSR count). The number of hydrogen-bond donors (Lipinski definition) is 4. The minimum Gasteiger partial charge on any atom is -0.497 e. The van der Waals surface area contributed by atoms with Gasteiger partial charge in [-0.1, -0.05) is 36.4 Å². The van der Waals surface area contributed by atoms with Gasteiger partial charge in [-0.25, -0.2) is 8.42 Å². The summed E-state index contributed by atoms with van der Waals surface area (Å²) < 4.78 is 34.4. The number of nitrogens with one attached hydrogen (secondary N) is 2. The van der Waals surface area contributed by atoms with Crippen LogP contribution >= 0.6 is 0 Å². The van der Waals surface area contributed by atoms with E-state index in [9.17, 15) is 18.3 Å². The van der Waals surface area contributed by atoms with Gasteiger partial charge in [-0.15, -0.1) is 0 Å². The molecule has 0 saturated heterocycles. The Morgan fingerprint density at radius 3 is 2.52 bits per heavy atom. The lowest BCUT2D eigenvalue weighted by atomic mass is 9.99. The topological polar surface area (TPSA) is 150 Å². The fraction of sp³-hybridized carbons (Fsp3) is 0.312. The average Bonchev–Trinajstić information content (AvgIpc) is 3.36. The van der Waals surface area contributed by atoms with Gasteiger partial charge in [0.1, 0.15) is 5.75 Å². The number of ether oxygens (including phenoxy) is 1. The summed E-state index contributed by atoms with van der Waals surface area (Å²) >= 11 is 0. The van der Waals surface area contributed by atoms with E-state index in [4.69, 9.17) is 14.6 Å². The molecule has 11 nitrogen and oxygen atoms in total. The number of aliphatic hydroxyl groups is 1. The molecule has 0 bridgehead atoms. The van der Waals surface area contributed by atoms with E-state index in [0.717, 1.165) is 27.7 Å². The molecule has 1 aliphatic heterocycles. The number of nitrogens with zero attached hydrogens (tertiary/aromatic N) is 2. The van der Waals surface area contributed by atoms with E-state index in [-0.39, 0.29) is 24.7 Å². The van der Waals surface area contributed by atoms with Crippen LogP contribution in [0.3, 0.4) is 0 Å². The largest absolute Gasteiger partial charge is 0.497 e. The number of sulfonamides is 1. The van der Waals surface area contributed by atoms with Crippen LogP contribution in [0.4, 0.5) is 11.4 Å². The van der Waals surface area contributed by atoms with E-state index in [0.29, 0.717) is 36.4 Å². The normalized spacial score (nSPS) is 14.9. The number of aryl methyl sites for hydroxylation is 2. The predicted molar refractivity (Wildman–Crippen MR) is 171 cm³/mol. The summed E-state index contributed by atoms with van der Waals surface area (Å²) in [5, 5.41) is 25.3. The molecule has 12 heteroatoms. The maximum Gasteiger partial charge on any atom is 0.290 e. The van der Waals surface area contributed by atoms with Crippen LogP contribution in [0.1, 0.15) is 28.4 Å². The van der Waals surface area contributed by atoms with Crippen LogP contribution in [0.25, 0.3) is 10.9 Å². The van der Waals surface area contributed by atoms with Crippen LogP contribution in [-0.2, 0) is 34.2 Å². The first-order chi connectivity index (χ1) is 21.1. The number of rotatable bonds is 10. The van der Waals surface area contributed by atoms with Crippen molar-refractivity contribution in [1.29, 1.82) is 0 Å². The van der Waals surface area contributed by atoms with Crippen molar-refractivity contribution >= 4 is 44.7 Å². The van der Waals surface area contributed by atoms with Crippen LogP contribution in [0, 0.1) is 0 Å². The molecule has 0 fully saturated rings. The molecule has 0 unspecified atom stereocenters. The van der Waals surface area contributed by atoms with Crippen LogP contribution in [-0.4, -0.2) is 74.2 Å². The third-order valence-corrected chi connectivity index (χ3v) is 9.44. The first-order valence-corrected chi connectivity index (χ1v) is 15.8. The van der Waals surface area contributed by atoms with Gasteiger partial charge < -0.3 is 30.2 Å². The van der Waals surface area contributed by atoms with Gasteiger partial charge in [0.2, 0.25) is 10.0 Å². The predicted octanol–water partition coefficient (Wildman–Crippen LogP) is 3.51. The Kier molecular flexibility index (Phi) is 10.5. The first-order valence-electron chi connectivity index (χ1n) is 14.2. The summed E-state index contributed by atoms with van der Waals surface area (Å²) in [6.07, 6.45) is 1.88. The minimum absolute atomic E-state index is 0.00810. The van der Waals surface area contributed by atoms with E-state index < -0.39 is 22.2 Å². The number of benzene rings is 3. The van der Waals surface area contributed by atoms with Crippen molar-refractivity contribution in [3.8, 4) is 5.75 Å². The fourth-order valence-corrected chi connectivity index (χ4v) is 6.54. The van der Waals surface area contributed by atoms with Gasteiger partial charge in [0.15, 0.2) is 0 Å². The Morgan fingerprint density at radius 2 is 1.84 bits per heavy atom. The van der Waals surface area contributed by atoms with Gasteiger partial charge in [-0.3, -0.25) is 13.9 Å². The quantitative estimate of drug-likeness (QED) is 0.196. The number of carbonyl (C=O) groups excluding carboxylic acids is 1. The maximum absolute atomic E-state index is 13.8. The molecule has 1 amide bonds. The molecular formula is C32H38N4O7S. The fourth-order valence-electron chi connectivity index (χ4n) is 5.35. The highest BCUT2D eigenvalue weighted by Gasteiger charge is 2.29. The van der Waals surface area contributed by atoms with Gasteiger partial charge >= 0.3 is 0 Å². The van der Waals surface area contributed by atoms with Crippen molar-refractivity contribution in [2.45, 2.75) is 38.5 Å². The van der Waals surface area contributed by atoms with E-state index in [1.54, 1.807) is 13.2 Å². The summed E-state index contributed by atoms with van der Waals surface area (Å²) in [4.78, 5) is 22.1. The molecule has 0 aliphatic carbocycles. The van der Waals surface area contributed by atoms with Crippen LogP contribution < -0.4 is 19.7 Å². The lowest BCUT2D eigenvalue weighted by Gasteiger charge is -2.26. The minimum atomic E-state index is -3.52. The lowest BCUT2D eigenvalue weighted by molar-refractivity contribution is -0.122. The van der Waals surface area contributed by atoms with Crippen molar-refractivity contribution in [3.05, 3.63) is 89.6 Å². The zero-order valence-electron chi connectivity index (χ0n) is 24.9. The standard InChI is InChI=1S/C31H36N4O5S.CH2O2/c1-4-35-20-22-13-14-41(38,39)34(2)27-16-23(17-28(35)30(22)27)31(37)33-26(15-21-9-6-5-7-10-21)29(36)19-32-24-11-8-12-25(18-24)40-3;2-1-3/h5-12,16-18,20,26,29,32,36H,4,13-15,19H2,1-3H3,(H,33,37);1H,(H,2,3)/t26-,29+;/m0./s1. The molecule has 0 radical (unpaired) electrons. The number of aliphatic hydroxyl groups excluding tert-OH is 1. The molecule has 1 aromatic heterocycles. The number of aromatic nitrogens is 1. The highest BCUT2D eigenvalue weighted by Crippen LogP contribution is 2.37. The SMILES string of the molecule is CCn1cc2c3c(cc(C(=O)N[C@@H](Cc4ccccc4)[C@H](O)CNc4cccc(OC)c4)cc31)N(C)S(=O)(=O)CC2.O=CO. The summed E-state index contributed by atoms with van der Waals surface area (Å²) in [6, 6.07) is 19.9. The number of anilines is 2. The molecule has 234 valence electrons. The Balaban J connectivity index is 0.00000141. The Hall–Kier alpha value is -4.55. The summed E-state index contributed by atoms with van der Waals surface area (Å²) in [6.45, 7) is 2.64. The number of hydrogen-bond acceptors (Lipinski definition) is 7. The first kappa shape index (κ1) is 32.4. The Labute approximate surface area is 257 Å². The summed E-state index contributed by atoms with van der Waals surface area (Å²) in [5.74, 6) is 0.319. The summed E-state index contributed by atoms with van der Waals surface area (Å²) in [5.41, 5.74) is 4.35. The Bertz CT molecular complexity index is 1710. The second-order valence-electron chi connectivity index (χ2n) is 10.4. The van der Waals surface area contributed by atoms with Crippen molar-refractivity contribution in [2.24, 2.45) is 0 Å². The van der Waals surface area contributed by atoms with Crippen LogP contribution in [0.5, 0.6) is 5.75 Å². The molecule has 44 heavy (non-hydrogen) atoms. The molecule has 4 aromatic rings.